The fourth-order valence-corrected chi connectivity index (χ4v) is 4.29. The number of imide groups is 1. The molecule has 1 aliphatic rings. The molecule has 5 rings (SSSR count). The monoisotopic (exact) mass is 484 g/mol. The van der Waals surface area contributed by atoms with Crippen LogP contribution in [0.1, 0.15) is 36.6 Å². The van der Waals surface area contributed by atoms with E-state index in [1.165, 1.54) is 12.0 Å². The van der Waals surface area contributed by atoms with E-state index in [1.54, 1.807) is 71.6 Å². The second kappa shape index (κ2) is 9.03. The third-order valence-corrected chi connectivity index (χ3v) is 6.07. The zero-order chi connectivity index (χ0) is 24.5. The van der Waals surface area contributed by atoms with Crippen molar-refractivity contribution < 1.29 is 19.1 Å². The Hall–Kier alpha value is -4.50. The Morgan fingerprint density at radius 1 is 1.00 bits per heavy atom. The molecule has 0 aliphatic carbocycles. The lowest BCUT2D eigenvalue weighted by molar-refractivity contribution is 0.0642. The molecule has 9 heteroatoms. The molecule has 1 aliphatic heterocycles. The molecule has 2 heterocycles. The lowest BCUT2D eigenvalue weighted by Crippen LogP contribution is -2.29. The summed E-state index contributed by atoms with van der Waals surface area (Å²) in [7, 11) is 1.48. The van der Waals surface area contributed by atoms with E-state index >= 15 is 0 Å². The number of fused-ring (bicyclic) bond motifs is 1. The van der Waals surface area contributed by atoms with Gasteiger partial charge in [-0.15, -0.1) is 0 Å². The SMILES string of the molecule is COc1ccc(CN2C(=O)c3ccccc3C2=O)cc1C(=O)Nc1cccc(-n2cc[nH]c2=S)c1. The molecule has 4 aromatic rings. The molecule has 0 radical (unpaired) electrons. The van der Waals surface area contributed by atoms with Crippen molar-refractivity contribution in [1.82, 2.24) is 14.5 Å². The molecule has 174 valence electrons. The molecular formula is C26H20N4O4S. The molecule has 3 aromatic carbocycles. The number of nitrogens with zero attached hydrogens (tertiary/aromatic N) is 2. The number of hydrogen-bond donors (Lipinski definition) is 2. The highest BCUT2D eigenvalue weighted by atomic mass is 32.1. The molecule has 1 aromatic heterocycles. The molecule has 35 heavy (non-hydrogen) atoms. The molecule has 8 nitrogen and oxygen atoms in total. The third kappa shape index (κ3) is 4.13. The molecular weight excluding hydrogens is 464 g/mol. The maximum absolute atomic E-state index is 13.2. The van der Waals surface area contributed by atoms with Crippen molar-refractivity contribution in [2.45, 2.75) is 6.54 Å². The van der Waals surface area contributed by atoms with Crippen LogP contribution in [0.4, 0.5) is 5.69 Å². The standard InChI is InChI=1S/C26H20N4O4S/c1-34-22-10-9-16(15-30-24(32)19-7-2-3-8-20(19)25(30)33)13-21(22)23(31)28-17-5-4-6-18(14-17)29-12-11-27-26(29)35/h2-14H,15H2,1H3,(H,27,35)(H,28,31). The van der Waals surface area contributed by atoms with Gasteiger partial charge >= 0.3 is 0 Å². The number of rotatable bonds is 6. The van der Waals surface area contributed by atoms with Gasteiger partial charge in [0.1, 0.15) is 5.75 Å². The minimum Gasteiger partial charge on any atom is -0.496 e. The molecule has 3 amide bonds. The molecule has 0 saturated carbocycles. The lowest BCUT2D eigenvalue weighted by atomic mass is 10.1. The molecule has 0 spiro atoms. The summed E-state index contributed by atoms with van der Waals surface area (Å²) in [6, 6.07) is 19.0. The van der Waals surface area contributed by atoms with Gasteiger partial charge in [0.2, 0.25) is 0 Å². The van der Waals surface area contributed by atoms with E-state index in [4.69, 9.17) is 17.0 Å². The van der Waals surface area contributed by atoms with E-state index in [9.17, 15) is 14.4 Å². The Morgan fingerprint density at radius 2 is 1.74 bits per heavy atom. The largest absolute Gasteiger partial charge is 0.496 e. The highest BCUT2D eigenvalue weighted by Crippen LogP contribution is 2.27. The van der Waals surface area contributed by atoms with Crippen LogP contribution in [0.15, 0.2) is 79.1 Å². The quantitative estimate of drug-likeness (QED) is 0.308. The van der Waals surface area contributed by atoms with Gasteiger partial charge in [-0.2, -0.15) is 0 Å². The van der Waals surface area contributed by atoms with Crippen LogP contribution in [0.5, 0.6) is 5.75 Å². The molecule has 0 saturated heterocycles. The summed E-state index contributed by atoms with van der Waals surface area (Å²) in [5.41, 5.74) is 3.03. The average Bonchev–Trinajstić information content (AvgIpc) is 3.41. The van der Waals surface area contributed by atoms with E-state index in [0.717, 1.165) is 5.69 Å². The zero-order valence-corrected chi connectivity index (χ0v) is 19.5. The lowest BCUT2D eigenvalue weighted by Gasteiger charge is -2.16. The molecule has 0 unspecified atom stereocenters. The summed E-state index contributed by atoms with van der Waals surface area (Å²) in [5.74, 6) is -0.723. The molecule has 0 atom stereocenters. The van der Waals surface area contributed by atoms with Crippen LogP contribution in [0, 0.1) is 4.77 Å². The van der Waals surface area contributed by atoms with Gasteiger partial charge in [0, 0.05) is 23.8 Å². The minimum atomic E-state index is -0.388. The van der Waals surface area contributed by atoms with Crippen LogP contribution in [0.25, 0.3) is 5.69 Å². The number of carbonyl (C=O) groups excluding carboxylic acids is 3. The van der Waals surface area contributed by atoms with Crippen LogP contribution in [-0.4, -0.2) is 39.3 Å². The number of hydrogen-bond acceptors (Lipinski definition) is 5. The van der Waals surface area contributed by atoms with Crippen LogP contribution >= 0.6 is 12.2 Å². The van der Waals surface area contributed by atoms with Crippen LogP contribution in [0.3, 0.4) is 0 Å². The summed E-state index contributed by atoms with van der Waals surface area (Å²) in [5, 5.41) is 2.88. The Kier molecular flexibility index (Phi) is 5.76. The highest BCUT2D eigenvalue weighted by Gasteiger charge is 2.35. The smallest absolute Gasteiger partial charge is 0.261 e. The van der Waals surface area contributed by atoms with Crippen LogP contribution in [0.2, 0.25) is 0 Å². The maximum atomic E-state index is 13.2. The Bertz CT molecular complexity index is 1500. The number of H-pyrrole nitrogens is 1. The third-order valence-electron chi connectivity index (χ3n) is 5.76. The first-order valence-electron chi connectivity index (χ1n) is 10.8. The first-order valence-corrected chi connectivity index (χ1v) is 11.2. The fourth-order valence-electron chi connectivity index (χ4n) is 4.05. The number of methoxy groups -OCH3 is 1. The number of anilines is 1. The number of aromatic amines is 1. The average molecular weight is 485 g/mol. The van der Waals surface area contributed by atoms with Crippen LogP contribution < -0.4 is 10.1 Å². The van der Waals surface area contributed by atoms with Crippen molar-refractivity contribution >= 4 is 35.6 Å². The molecule has 0 bridgehead atoms. The maximum Gasteiger partial charge on any atom is 0.261 e. The predicted molar refractivity (Wildman–Crippen MR) is 133 cm³/mol. The number of aromatic nitrogens is 2. The van der Waals surface area contributed by atoms with E-state index in [2.05, 4.69) is 10.3 Å². The van der Waals surface area contributed by atoms with E-state index < -0.39 is 0 Å². The van der Waals surface area contributed by atoms with Gasteiger partial charge in [0.05, 0.1) is 30.3 Å². The fraction of sp³-hybridized carbons (Fsp3) is 0.0769. The zero-order valence-electron chi connectivity index (χ0n) is 18.6. The van der Waals surface area contributed by atoms with Gasteiger partial charge in [0.15, 0.2) is 4.77 Å². The summed E-state index contributed by atoms with van der Waals surface area (Å²) < 4.78 is 7.71. The Morgan fingerprint density at radius 3 is 2.40 bits per heavy atom. The predicted octanol–water partition coefficient (Wildman–Crippen LogP) is 4.59. The number of amides is 3. The van der Waals surface area contributed by atoms with E-state index in [-0.39, 0.29) is 29.8 Å². The van der Waals surface area contributed by atoms with Crippen molar-refractivity contribution in [1.29, 1.82) is 0 Å². The van der Waals surface area contributed by atoms with Gasteiger partial charge in [-0.25, -0.2) is 0 Å². The number of nitrogens with one attached hydrogen (secondary N) is 2. The van der Waals surface area contributed by atoms with Gasteiger partial charge in [0.25, 0.3) is 17.7 Å². The van der Waals surface area contributed by atoms with Crippen molar-refractivity contribution in [3.05, 3.63) is 106 Å². The normalized spacial score (nSPS) is 12.5. The summed E-state index contributed by atoms with van der Waals surface area (Å²) in [4.78, 5) is 42.8. The van der Waals surface area contributed by atoms with Gasteiger partial charge in [-0.1, -0.05) is 24.3 Å². The molecule has 2 N–H and O–H groups in total. The first-order chi connectivity index (χ1) is 17.0. The van der Waals surface area contributed by atoms with Crippen molar-refractivity contribution in [3.8, 4) is 11.4 Å². The number of ether oxygens (including phenoxy) is 1. The topological polar surface area (TPSA) is 96.4 Å². The summed E-state index contributed by atoms with van der Waals surface area (Å²) in [6.45, 7) is 0.0395. The van der Waals surface area contributed by atoms with Gasteiger partial charge in [-0.05, 0) is 60.2 Å². The Balaban J connectivity index is 1.39. The van der Waals surface area contributed by atoms with Gasteiger partial charge < -0.3 is 15.0 Å². The van der Waals surface area contributed by atoms with Crippen molar-refractivity contribution in [3.63, 3.8) is 0 Å². The van der Waals surface area contributed by atoms with Crippen molar-refractivity contribution in [2.75, 3.05) is 12.4 Å². The summed E-state index contributed by atoms with van der Waals surface area (Å²) >= 11 is 5.27. The number of carbonyl (C=O) groups is 3. The first kappa shape index (κ1) is 22.3. The van der Waals surface area contributed by atoms with Gasteiger partial charge in [-0.3, -0.25) is 23.9 Å². The second-order valence-electron chi connectivity index (χ2n) is 7.92. The Labute approximate surface area is 205 Å². The summed E-state index contributed by atoms with van der Waals surface area (Å²) in [6.07, 6.45) is 3.54. The molecule has 0 fully saturated rings. The number of imidazole rings is 1. The second-order valence-corrected chi connectivity index (χ2v) is 8.30. The van der Waals surface area contributed by atoms with Crippen molar-refractivity contribution in [2.24, 2.45) is 0 Å². The number of benzene rings is 3. The minimum absolute atomic E-state index is 0.0395. The van der Waals surface area contributed by atoms with E-state index in [0.29, 0.717) is 32.9 Å². The van der Waals surface area contributed by atoms with E-state index in [1.807, 2.05) is 12.1 Å². The highest BCUT2D eigenvalue weighted by molar-refractivity contribution is 7.71. The van der Waals surface area contributed by atoms with Crippen LogP contribution in [-0.2, 0) is 6.54 Å².